The lowest BCUT2D eigenvalue weighted by Crippen LogP contribution is -2.56. The standard InChI is InChI=1S/C27H28F6N2O4/c28-26(29,30)25(27(31,32)33,13-1-3-14(34)4-2-13)23-19(5-15-9-36-15)21(7-17-11-38-17)24(35)22(8-18-12-39-18)20(23)6-16-10-37-16/h1-4,15-18H,5-12,34-35H2. The normalized spacial score (nSPS) is 26.0. The van der Waals surface area contributed by atoms with Gasteiger partial charge >= 0.3 is 12.4 Å². The van der Waals surface area contributed by atoms with Crippen molar-refractivity contribution in [2.75, 3.05) is 37.9 Å². The highest BCUT2D eigenvalue weighted by atomic mass is 19.4. The van der Waals surface area contributed by atoms with Gasteiger partial charge in [0.2, 0.25) is 5.41 Å². The van der Waals surface area contributed by atoms with E-state index in [1.165, 1.54) is 0 Å². The molecule has 4 aliphatic heterocycles. The SMILES string of the molecule is Nc1ccc(C(c2c(CC3CO3)c(CC3CO3)c(N)c(CC3CO3)c2CC2CO2)(C(F)(F)F)C(F)(F)F)cc1. The number of ether oxygens (including phenoxy) is 4. The van der Waals surface area contributed by atoms with Crippen molar-refractivity contribution in [3.05, 3.63) is 57.6 Å². The number of hydrogen-bond donors (Lipinski definition) is 2. The molecule has 4 unspecified atom stereocenters. The number of anilines is 2. The summed E-state index contributed by atoms with van der Waals surface area (Å²) >= 11 is 0. The molecule has 4 heterocycles. The smallest absolute Gasteiger partial charge is 0.399 e. The quantitative estimate of drug-likeness (QED) is 0.260. The molecule has 0 radical (unpaired) electrons. The molecule has 6 rings (SSSR count). The Labute approximate surface area is 220 Å². The van der Waals surface area contributed by atoms with E-state index in [1.807, 2.05) is 0 Å². The fraction of sp³-hybridized carbons (Fsp3) is 0.556. The Bertz CT molecular complexity index is 1180. The third kappa shape index (κ3) is 4.96. The molecule has 212 valence electrons. The monoisotopic (exact) mass is 558 g/mol. The summed E-state index contributed by atoms with van der Waals surface area (Å²) in [6.07, 6.45) is -13.3. The molecule has 0 aromatic heterocycles. The fourth-order valence-corrected chi connectivity index (χ4v) is 5.66. The summed E-state index contributed by atoms with van der Waals surface area (Å²) in [4.78, 5) is 0. The van der Waals surface area contributed by atoms with Gasteiger partial charge in [0.15, 0.2) is 0 Å². The van der Waals surface area contributed by atoms with Crippen LogP contribution < -0.4 is 11.5 Å². The minimum atomic E-state index is -5.77. The van der Waals surface area contributed by atoms with E-state index in [4.69, 9.17) is 30.4 Å². The van der Waals surface area contributed by atoms with E-state index in [0.717, 1.165) is 24.3 Å². The summed E-state index contributed by atoms with van der Waals surface area (Å²) < 4.78 is 114. The molecule has 0 saturated carbocycles. The van der Waals surface area contributed by atoms with Crippen LogP contribution in [0.2, 0.25) is 0 Å². The fourth-order valence-electron chi connectivity index (χ4n) is 5.66. The number of nitrogens with two attached hydrogens (primary N) is 2. The zero-order valence-electron chi connectivity index (χ0n) is 20.8. The Kier molecular flexibility index (Phi) is 6.33. The van der Waals surface area contributed by atoms with Crippen molar-refractivity contribution in [3.63, 3.8) is 0 Å². The summed E-state index contributed by atoms with van der Waals surface area (Å²) in [5.41, 5.74) is 6.81. The Morgan fingerprint density at radius 2 is 0.923 bits per heavy atom. The zero-order valence-corrected chi connectivity index (χ0v) is 20.8. The highest BCUT2D eigenvalue weighted by molar-refractivity contribution is 5.69. The van der Waals surface area contributed by atoms with Gasteiger partial charge in [-0.05, 0) is 45.5 Å². The van der Waals surface area contributed by atoms with Gasteiger partial charge in [-0.25, -0.2) is 0 Å². The lowest BCUT2D eigenvalue weighted by molar-refractivity contribution is -0.289. The Morgan fingerprint density at radius 1 is 0.590 bits per heavy atom. The molecule has 4 N–H and O–H groups in total. The number of hydrogen-bond acceptors (Lipinski definition) is 6. The van der Waals surface area contributed by atoms with E-state index >= 15 is 26.3 Å². The maximum Gasteiger partial charge on any atom is 0.411 e. The molecule has 0 aliphatic carbocycles. The van der Waals surface area contributed by atoms with Gasteiger partial charge in [-0.3, -0.25) is 0 Å². The van der Waals surface area contributed by atoms with Gasteiger partial charge < -0.3 is 30.4 Å². The van der Waals surface area contributed by atoms with Crippen LogP contribution >= 0.6 is 0 Å². The third-order valence-electron chi connectivity index (χ3n) is 7.89. The second kappa shape index (κ2) is 9.25. The zero-order chi connectivity index (χ0) is 27.7. The van der Waals surface area contributed by atoms with Crippen LogP contribution in [0.3, 0.4) is 0 Å². The first-order valence-electron chi connectivity index (χ1n) is 12.8. The van der Waals surface area contributed by atoms with Gasteiger partial charge in [0, 0.05) is 37.1 Å². The largest absolute Gasteiger partial charge is 0.411 e. The molecule has 39 heavy (non-hydrogen) atoms. The lowest BCUT2D eigenvalue weighted by Gasteiger charge is -2.42. The topological polar surface area (TPSA) is 102 Å². The number of alkyl halides is 6. The van der Waals surface area contributed by atoms with Gasteiger partial charge in [-0.1, -0.05) is 12.1 Å². The number of rotatable bonds is 10. The maximum atomic E-state index is 15.4. The van der Waals surface area contributed by atoms with Crippen molar-refractivity contribution in [2.24, 2.45) is 0 Å². The van der Waals surface area contributed by atoms with Crippen molar-refractivity contribution in [1.82, 2.24) is 0 Å². The highest BCUT2D eigenvalue weighted by Gasteiger charge is 2.74. The summed E-state index contributed by atoms with van der Waals surface area (Å²) in [6, 6.07) is 3.75. The summed E-state index contributed by atoms with van der Waals surface area (Å²) in [5, 5.41) is 0. The van der Waals surface area contributed by atoms with Crippen LogP contribution in [0.5, 0.6) is 0 Å². The Hall–Kier alpha value is -2.54. The summed E-state index contributed by atoms with van der Waals surface area (Å²) in [7, 11) is 0. The Morgan fingerprint density at radius 3 is 1.23 bits per heavy atom. The van der Waals surface area contributed by atoms with Crippen molar-refractivity contribution >= 4 is 11.4 Å². The van der Waals surface area contributed by atoms with E-state index in [2.05, 4.69) is 0 Å². The molecule has 0 bridgehead atoms. The molecule has 4 fully saturated rings. The minimum absolute atomic E-state index is 0.0469. The van der Waals surface area contributed by atoms with Gasteiger partial charge in [0.1, 0.15) is 0 Å². The highest BCUT2D eigenvalue weighted by Crippen LogP contribution is 2.60. The van der Waals surface area contributed by atoms with Gasteiger partial charge in [-0.2, -0.15) is 26.3 Å². The van der Waals surface area contributed by atoms with Gasteiger partial charge in [0.05, 0.1) is 50.8 Å². The second-order valence-corrected chi connectivity index (χ2v) is 10.7. The first-order valence-corrected chi connectivity index (χ1v) is 12.8. The van der Waals surface area contributed by atoms with E-state index in [-0.39, 0.29) is 84.7 Å². The minimum Gasteiger partial charge on any atom is -0.399 e. The van der Waals surface area contributed by atoms with Gasteiger partial charge in [0.25, 0.3) is 0 Å². The van der Waals surface area contributed by atoms with Crippen LogP contribution in [-0.2, 0) is 50.0 Å². The molecular weight excluding hydrogens is 530 g/mol. The Balaban J connectivity index is 1.74. The first kappa shape index (κ1) is 26.7. The van der Waals surface area contributed by atoms with Crippen LogP contribution in [0.4, 0.5) is 37.7 Å². The van der Waals surface area contributed by atoms with Crippen molar-refractivity contribution in [2.45, 2.75) is 67.9 Å². The van der Waals surface area contributed by atoms with Crippen molar-refractivity contribution < 1.29 is 45.3 Å². The van der Waals surface area contributed by atoms with Crippen LogP contribution in [0.15, 0.2) is 24.3 Å². The molecular formula is C27H28F6N2O4. The second-order valence-electron chi connectivity index (χ2n) is 10.7. The molecule has 0 spiro atoms. The van der Waals surface area contributed by atoms with E-state index < -0.39 is 41.1 Å². The molecule has 4 atom stereocenters. The van der Waals surface area contributed by atoms with Gasteiger partial charge in [-0.15, -0.1) is 0 Å². The molecule has 4 saturated heterocycles. The molecule has 4 aliphatic rings. The van der Waals surface area contributed by atoms with E-state index in [9.17, 15) is 0 Å². The molecule has 6 nitrogen and oxygen atoms in total. The van der Waals surface area contributed by atoms with Crippen LogP contribution in [0.1, 0.15) is 33.4 Å². The number of benzene rings is 2. The number of halogens is 6. The first-order chi connectivity index (χ1) is 18.4. The maximum absolute atomic E-state index is 15.4. The van der Waals surface area contributed by atoms with E-state index in [1.54, 1.807) is 0 Å². The van der Waals surface area contributed by atoms with Crippen LogP contribution in [0.25, 0.3) is 0 Å². The molecule has 0 amide bonds. The summed E-state index contributed by atoms with van der Waals surface area (Å²) in [5.74, 6) is 0. The predicted octanol–water partition coefficient (Wildman–Crippen LogP) is 4.03. The molecule has 2 aromatic carbocycles. The van der Waals surface area contributed by atoms with Crippen molar-refractivity contribution in [3.8, 4) is 0 Å². The summed E-state index contributed by atoms with van der Waals surface area (Å²) in [6.45, 7) is 1.19. The lowest BCUT2D eigenvalue weighted by atomic mass is 9.66. The van der Waals surface area contributed by atoms with Crippen LogP contribution in [0, 0.1) is 0 Å². The molecule has 2 aromatic rings. The van der Waals surface area contributed by atoms with Crippen molar-refractivity contribution in [1.29, 1.82) is 0 Å². The predicted molar refractivity (Wildman–Crippen MR) is 128 cm³/mol. The third-order valence-corrected chi connectivity index (χ3v) is 7.89. The average molecular weight is 559 g/mol. The molecule has 12 heteroatoms. The average Bonchev–Trinajstić information content (AvgIpc) is 3.64. The van der Waals surface area contributed by atoms with E-state index in [0.29, 0.717) is 13.2 Å². The van der Waals surface area contributed by atoms with Crippen LogP contribution in [-0.4, -0.2) is 63.2 Å². The number of epoxide rings is 4. The number of nitrogen functional groups attached to an aromatic ring is 2.